The average molecular weight is 281 g/mol. The third-order valence-corrected chi connectivity index (χ3v) is 4.55. The predicted octanol–water partition coefficient (Wildman–Crippen LogP) is 1.64. The molecule has 1 N–H and O–H groups in total. The zero-order chi connectivity index (χ0) is 14.2. The third kappa shape index (κ3) is 2.49. The second-order valence-corrected chi connectivity index (χ2v) is 5.79. The molecule has 6 heteroatoms. The molecule has 1 aliphatic rings. The molecule has 104 valence electrons. The van der Waals surface area contributed by atoms with Gasteiger partial charge in [0.1, 0.15) is 17.1 Å². The first-order valence-corrected chi connectivity index (χ1v) is 7.38. The van der Waals surface area contributed by atoms with Crippen LogP contribution in [0.3, 0.4) is 0 Å². The Bertz CT molecular complexity index is 500. The van der Waals surface area contributed by atoms with Crippen LogP contribution in [-0.4, -0.2) is 33.8 Å². The number of nitrogens with zero attached hydrogens (tertiary/aromatic N) is 2. The Morgan fingerprint density at radius 3 is 2.74 bits per heavy atom. The molecule has 1 saturated heterocycles. The van der Waals surface area contributed by atoms with E-state index in [1.807, 2.05) is 26.2 Å². The molecule has 2 heterocycles. The summed E-state index contributed by atoms with van der Waals surface area (Å²) in [5, 5.41) is 5.57. The van der Waals surface area contributed by atoms with E-state index in [1.54, 1.807) is 11.8 Å². The van der Waals surface area contributed by atoms with Gasteiger partial charge in [0.15, 0.2) is 0 Å². The number of nitrogens with one attached hydrogen (secondary N) is 1. The van der Waals surface area contributed by atoms with Gasteiger partial charge in [0.2, 0.25) is 11.8 Å². The van der Waals surface area contributed by atoms with E-state index in [1.165, 1.54) is 11.3 Å². The number of thiazole rings is 1. The maximum atomic E-state index is 12.3. The highest BCUT2D eigenvalue weighted by atomic mass is 32.1. The van der Waals surface area contributed by atoms with Crippen LogP contribution in [-0.2, 0) is 9.59 Å². The minimum atomic E-state index is -0.459. The maximum Gasteiger partial charge on any atom is 0.246 e. The number of aromatic nitrogens is 1. The van der Waals surface area contributed by atoms with Crippen LogP contribution in [0.4, 0.5) is 0 Å². The van der Waals surface area contributed by atoms with E-state index in [9.17, 15) is 9.59 Å². The van der Waals surface area contributed by atoms with Crippen molar-refractivity contribution in [1.82, 2.24) is 15.2 Å². The van der Waals surface area contributed by atoms with E-state index in [2.05, 4.69) is 10.3 Å². The Morgan fingerprint density at radius 2 is 2.21 bits per heavy atom. The highest BCUT2D eigenvalue weighted by Crippen LogP contribution is 2.29. The number of carbonyl (C=O) groups excluding carboxylic acids is 2. The van der Waals surface area contributed by atoms with Crippen molar-refractivity contribution in [1.29, 1.82) is 0 Å². The van der Waals surface area contributed by atoms with E-state index < -0.39 is 12.1 Å². The summed E-state index contributed by atoms with van der Waals surface area (Å²) in [5.41, 5.74) is 0.946. The highest BCUT2D eigenvalue weighted by molar-refractivity contribution is 7.09. The Labute approximate surface area is 117 Å². The van der Waals surface area contributed by atoms with Crippen LogP contribution in [0.1, 0.15) is 43.9 Å². The van der Waals surface area contributed by atoms with Crippen molar-refractivity contribution < 1.29 is 9.59 Å². The van der Waals surface area contributed by atoms with Crippen molar-refractivity contribution >= 4 is 23.2 Å². The molecule has 0 spiro atoms. The molecule has 2 rings (SSSR count). The number of rotatable bonds is 3. The number of amides is 2. The molecule has 3 atom stereocenters. The standard InChI is InChI=1S/C13H19N3O2S/c1-5-10-11(17)15-8(3)13(18)16(10)9(4)12-14-7(2)6-19-12/h6,8-10H,5H2,1-4H3,(H,15,17). The molecule has 2 amide bonds. The van der Waals surface area contributed by atoms with E-state index >= 15 is 0 Å². The lowest BCUT2D eigenvalue weighted by Crippen LogP contribution is -2.62. The lowest BCUT2D eigenvalue weighted by atomic mass is 10.0. The Kier molecular flexibility index (Phi) is 3.89. The van der Waals surface area contributed by atoms with Crippen molar-refractivity contribution in [3.05, 3.63) is 16.1 Å². The van der Waals surface area contributed by atoms with Gasteiger partial charge in [-0.25, -0.2) is 4.98 Å². The van der Waals surface area contributed by atoms with Crippen molar-refractivity contribution in [3.8, 4) is 0 Å². The zero-order valence-corrected chi connectivity index (χ0v) is 12.5. The van der Waals surface area contributed by atoms with Gasteiger partial charge in [0.25, 0.3) is 0 Å². The molecule has 0 aromatic carbocycles. The predicted molar refractivity (Wildman–Crippen MR) is 73.8 cm³/mol. The van der Waals surface area contributed by atoms with Crippen molar-refractivity contribution in [2.24, 2.45) is 0 Å². The Morgan fingerprint density at radius 1 is 1.53 bits per heavy atom. The molecule has 1 aromatic rings. The molecule has 0 bridgehead atoms. The van der Waals surface area contributed by atoms with Crippen LogP contribution in [0.5, 0.6) is 0 Å². The van der Waals surface area contributed by atoms with Gasteiger partial charge in [-0.05, 0) is 27.2 Å². The van der Waals surface area contributed by atoms with Gasteiger partial charge >= 0.3 is 0 Å². The van der Waals surface area contributed by atoms with Crippen LogP contribution >= 0.6 is 11.3 Å². The first-order chi connectivity index (χ1) is 8.95. The van der Waals surface area contributed by atoms with Gasteiger partial charge in [-0.3, -0.25) is 9.59 Å². The van der Waals surface area contributed by atoms with E-state index in [-0.39, 0.29) is 17.9 Å². The van der Waals surface area contributed by atoms with Gasteiger partial charge in [-0.15, -0.1) is 11.3 Å². The van der Waals surface area contributed by atoms with E-state index in [0.717, 1.165) is 10.7 Å². The summed E-state index contributed by atoms with van der Waals surface area (Å²) in [5.74, 6) is -0.110. The van der Waals surface area contributed by atoms with Crippen LogP contribution < -0.4 is 5.32 Å². The fourth-order valence-electron chi connectivity index (χ4n) is 2.40. The second kappa shape index (κ2) is 5.28. The molecular weight excluding hydrogens is 262 g/mol. The number of hydrogen-bond acceptors (Lipinski definition) is 4. The molecule has 1 aromatic heterocycles. The summed E-state index contributed by atoms with van der Waals surface area (Å²) in [7, 11) is 0. The third-order valence-electron chi connectivity index (χ3n) is 3.42. The van der Waals surface area contributed by atoms with Crippen molar-refractivity contribution in [3.63, 3.8) is 0 Å². The number of carbonyl (C=O) groups is 2. The second-order valence-electron chi connectivity index (χ2n) is 4.90. The Hall–Kier alpha value is -1.43. The first-order valence-electron chi connectivity index (χ1n) is 6.50. The molecule has 0 radical (unpaired) electrons. The van der Waals surface area contributed by atoms with Crippen molar-refractivity contribution in [2.45, 2.75) is 52.2 Å². The summed E-state index contributed by atoms with van der Waals surface area (Å²) in [6, 6.07) is -1.02. The largest absolute Gasteiger partial charge is 0.343 e. The number of hydrogen-bond donors (Lipinski definition) is 1. The Balaban J connectivity index is 2.32. The summed E-state index contributed by atoms with van der Waals surface area (Å²) in [6.07, 6.45) is 0.610. The smallest absolute Gasteiger partial charge is 0.246 e. The summed E-state index contributed by atoms with van der Waals surface area (Å²) < 4.78 is 0. The monoisotopic (exact) mass is 281 g/mol. The highest BCUT2D eigenvalue weighted by Gasteiger charge is 2.40. The molecule has 3 unspecified atom stereocenters. The molecule has 0 aliphatic carbocycles. The minimum Gasteiger partial charge on any atom is -0.343 e. The normalized spacial score (nSPS) is 25.4. The molecule has 1 aliphatic heterocycles. The molecule has 1 fully saturated rings. The van der Waals surface area contributed by atoms with Crippen LogP contribution in [0.15, 0.2) is 5.38 Å². The summed E-state index contributed by atoms with van der Waals surface area (Å²) >= 11 is 1.53. The average Bonchev–Trinajstić information content (AvgIpc) is 2.79. The molecule has 5 nitrogen and oxygen atoms in total. The van der Waals surface area contributed by atoms with Crippen LogP contribution in [0.25, 0.3) is 0 Å². The van der Waals surface area contributed by atoms with Gasteiger partial charge in [-0.1, -0.05) is 6.92 Å². The van der Waals surface area contributed by atoms with Gasteiger partial charge in [-0.2, -0.15) is 0 Å². The van der Waals surface area contributed by atoms with E-state index in [0.29, 0.717) is 6.42 Å². The van der Waals surface area contributed by atoms with Crippen LogP contribution in [0.2, 0.25) is 0 Å². The number of piperazine rings is 1. The van der Waals surface area contributed by atoms with Crippen molar-refractivity contribution in [2.75, 3.05) is 0 Å². The molecule has 19 heavy (non-hydrogen) atoms. The summed E-state index contributed by atoms with van der Waals surface area (Å²) in [4.78, 5) is 30.5. The lowest BCUT2D eigenvalue weighted by molar-refractivity contribution is -0.151. The zero-order valence-electron chi connectivity index (χ0n) is 11.6. The summed E-state index contributed by atoms with van der Waals surface area (Å²) in [6.45, 7) is 7.50. The van der Waals surface area contributed by atoms with Gasteiger partial charge < -0.3 is 10.2 Å². The van der Waals surface area contributed by atoms with Crippen LogP contribution in [0, 0.1) is 6.92 Å². The fourth-order valence-corrected chi connectivity index (χ4v) is 3.25. The lowest BCUT2D eigenvalue weighted by Gasteiger charge is -2.40. The van der Waals surface area contributed by atoms with Gasteiger partial charge in [0.05, 0.1) is 6.04 Å². The fraction of sp³-hybridized carbons (Fsp3) is 0.615. The first kappa shape index (κ1) is 14.0. The molecule has 0 saturated carbocycles. The minimum absolute atomic E-state index is 0.0354. The SMILES string of the molecule is CCC1C(=O)NC(C)C(=O)N1C(C)c1nc(C)cs1. The number of aryl methyl sites for hydroxylation is 1. The molecular formula is C13H19N3O2S. The quantitative estimate of drug-likeness (QED) is 0.916. The van der Waals surface area contributed by atoms with Gasteiger partial charge in [0, 0.05) is 11.1 Å². The van der Waals surface area contributed by atoms with E-state index in [4.69, 9.17) is 0 Å². The maximum absolute atomic E-state index is 12.3. The topological polar surface area (TPSA) is 62.3 Å².